The minimum Gasteiger partial charge on any atom is -0.330 e. The molecule has 5 heteroatoms. The Labute approximate surface area is 122 Å². The topological polar surface area (TPSA) is 46.1 Å². The van der Waals surface area contributed by atoms with Crippen LogP contribution in [0.5, 0.6) is 0 Å². The lowest BCUT2D eigenvalue weighted by Gasteiger charge is -2.22. The number of hydrogen-bond donors (Lipinski definition) is 0. The van der Waals surface area contributed by atoms with Gasteiger partial charge in [-0.15, -0.1) is 0 Å². The Morgan fingerprint density at radius 3 is 2.80 bits per heavy atom. The molecule has 0 aliphatic heterocycles. The van der Waals surface area contributed by atoms with Gasteiger partial charge in [-0.25, -0.2) is 4.98 Å². The maximum atomic E-state index is 12.6. The molecule has 2 aromatic heterocycles. The van der Waals surface area contributed by atoms with Crippen molar-refractivity contribution in [2.24, 2.45) is 0 Å². The van der Waals surface area contributed by atoms with Crippen molar-refractivity contribution in [2.75, 3.05) is 0 Å². The van der Waals surface area contributed by atoms with Crippen molar-refractivity contribution in [1.29, 1.82) is 0 Å². The summed E-state index contributed by atoms with van der Waals surface area (Å²) in [6.07, 6.45) is 5.61. The second kappa shape index (κ2) is 5.59. The molecule has 2 heterocycles. The molecule has 20 heavy (non-hydrogen) atoms. The van der Waals surface area contributed by atoms with E-state index in [0.717, 1.165) is 18.4 Å². The summed E-state index contributed by atoms with van der Waals surface area (Å²) in [6.45, 7) is 0.561. The van der Waals surface area contributed by atoms with Crippen LogP contribution < -0.4 is 0 Å². The number of rotatable bonds is 4. The van der Waals surface area contributed by atoms with Crippen LogP contribution >= 0.6 is 11.6 Å². The molecule has 102 valence electrons. The Kier molecular flexibility index (Phi) is 3.65. The van der Waals surface area contributed by atoms with Crippen LogP contribution in [0, 0.1) is 0 Å². The lowest BCUT2D eigenvalue weighted by atomic mass is 10.2. The van der Waals surface area contributed by atoms with Crippen LogP contribution in [-0.4, -0.2) is 26.8 Å². The molecule has 0 N–H and O–H groups in total. The van der Waals surface area contributed by atoms with Crippen LogP contribution in [0.1, 0.15) is 28.9 Å². The lowest BCUT2D eigenvalue weighted by molar-refractivity contribution is 0.0724. The molecule has 1 aliphatic carbocycles. The lowest BCUT2D eigenvalue weighted by Crippen LogP contribution is -2.33. The molecule has 1 amide bonds. The van der Waals surface area contributed by atoms with Gasteiger partial charge < -0.3 is 4.90 Å². The fraction of sp³-hybridized carbons (Fsp3) is 0.267. The minimum atomic E-state index is -0.0705. The fourth-order valence-electron chi connectivity index (χ4n) is 2.12. The standard InChI is InChI=1S/C15H14ClN3O/c16-14-5-1-4-13(18-14)15(20)19(12-6-7-12)10-11-3-2-8-17-9-11/h1-5,8-9,12H,6-7,10H2. The zero-order chi connectivity index (χ0) is 13.9. The van der Waals surface area contributed by atoms with Crippen LogP contribution in [0.25, 0.3) is 0 Å². The predicted molar refractivity (Wildman–Crippen MR) is 76.4 cm³/mol. The van der Waals surface area contributed by atoms with Crippen molar-refractivity contribution < 1.29 is 4.79 Å². The van der Waals surface area contributed by atoms with Gasteiger partial charge in [-0.1, -0.05) is 23.7 Å². The monoisotopic (exact) mass is 287 g/mol. The van der Waals surface area contributed by atoms with Gasteiger partial charge in [-0.05, 0) is 36.6 Å². The van der Waals surface area contributed by atoms with Crippen LogP contribution in [-0.2, 0) is 6.54 Å². The molecule has 1 fully saturated rings. The molecule has 2 aromatic rings. The SMILES string of the molecule is O=C(c1cccc(Cl)n1)N(Cc1cccnc1)C1CC1. The number of hydrogen-bond acceptors (Lipinski definition) is 3. The number of carbonyl (C=O) groups is 1. The van der Waals surface area contributed by atoms with Crippen molar-refractivity contribution in [1.82, 2.24) is 14.9 Å². The molecule has 1 aliphatic rings. The van der Waals surface area contributed by atoms with Crippen molar-refractivity contribution in [3.63, 3.8) is 0 Å². The first-order chi connectivity index (χ1) is 9.74. The summed E-state index contributed by atoms with van der Waals surface area (Å²) in [5.74, 6) is -0.0705. The number of nitrogens with zero attached hydrogens (tertiary/aromatic N) is 3. The van der Waals surface area contributed by atoms with E-state index in [2.05, 4.69) is 9.97 Å². The zero-order valence-electron chi connectivity index (χ0n) is 10.9. The molecular weight excluding hydrogens is 274 g/mol. The molecule has 0 bridgehead atoms. The van der Waals surface area contributed by atoms with Crippen LogP contribution in [0.2, 0.25) is 5.15 Å². The Morgan fingerprint density at radius 2 is 2.15 bits per heavy atom. The van der Waals surface area contributed by atoms with Gasteiger partial charge in [0.1, 0.15) is 10.8 Å². The predicted octanol–water partition coefficient (Wildman–Crippen LogP) is 2.93. The molecule has 0 aromatic carbocycles. The number of aromatic nitrogens is 2. The first kappa shape index (κ1) is 13.1. The first-order valence-corrected chi connectivity index (χ1v) is 6.94. The van der Waals surface area contributed by atoms with E-state index in [9.17, 15) is 4.79 Å². The molecule has 3 rings (SSSR count). The first-order valence-electron chi connectivity index (χ1n) is 6.56. The Bertz CT molecular complexity index is 614. The third kappa shape index (κ3) is 2.96. The van der Waals surface area contributed by atoms with E-state index in [1.54, 1.807) is 30.6 Å². The summed E-state index contributed by atoms with van der Waals surface area (Å²) < 4.78 is 0. The molecule has 0 saturated heterocycles. The number of amides is 1. The summed E-state index contributed by atoms with van der Waals surface area (Å²) in [6, 6.07) is 9.28. The van der Waals surface area contributed by atoms with E-state index in [1.807, 2.05) is 17.0 Å². The third-order valence-electron chi connectivity index (χ3n) is 3.26. The second-order valence-electron chi connectivity index (χ2n) is 4.87. The number of pyridine rings is 2. The highest BCUT2D eigenvalue weighted by Gasteiger charge is 2.33. The molecule has 1 saturated carbocycles. The van der Waals surface area contributed by atoms with E-state index >= 15 is 0 Å². The zero-order valence-corrected chi connectivity index (χ0v) is 11.6. The van der Waals surface area contributed by atoms with Crippen molar-refractivity contribution in [2.45, 2.75) is 25.4 Å². The largest absolute Gasteiger partial charge is 0.330 e. The Balaban J connectivity index is 1.82. The average molecular weight is 288 g/mol. The van der Waals surface area contributed by atoms with Gasteiger partial charge in [0.25, 0.3) is 5.91 Å². The summed E-state index contributed by atoms with van der Waals surface area (Å²) in [7, 11) is 0. The van der Waals surface area contributed by atoms with E-state index in [-0.39, 0.29) is 5.91 Å². The highest BCUT2D eigenvalue weighted by molar-refractivity contribution is 6.29. The van der Waals surface area contributed by atoms with E-state index in [1.165, 1.54) is 0 Å². The van der Waals surface area contributed by atoms with Gasteiger partial charge >= 0.3 is 0 Å². The molecule has 0 radical (unpaired) electrons. The van der Waals surface area contributed by atoms with Gasteiger partial charge in [0.2, 0.25) is 0 Å². The third-order valence-corrected chi connectivity index (χ3v) is 3.47. The number of halogens is 1. The van der Waals surface area contributed by atoms with Crippen molar-refractivity contribution in [3.05, 3.63) is 59.1 Å². The van der Waals surface area contributed by atoms with E-state index in [0.29, 0.717) is 23.4 Å². The average Bonchev–Trinajstić information content (AvgIpc) is 3.30. The normalized spacial score (nSPS) is 14.1. The maximum Gasteiger partial charge on any atom is 0.273 e. The van der Waals surface area contributed by atoms with Gasteiger partial charge in [0, 0.05) is 25.0 Å². The summed E-state index contributed by atoms with van der Waals surface area (Å²) in [5, 5.41) is 0.341. The van der Waals surface area contributed by atoms with Crippen LogP contribution in [0.15, 0.2) is 42.7 Å². The van der Waals surface area contributed by atoms with Crippen LogP contribution in [0.3, 0.4) is 0 Å². The Morgan fingerprint density at radius 1 is 1.30 bits per heavy atom. The van der Waals surface area contributed by atoms with Crippen molar-refractivity contribution >= 4 is 17.5 Å². The van der Waals surface area contributed by atoms with Gasteiger partial charge in [-0.2, -0.15) is 0 Å². The van der Waals surface area contributed by atoms with Gasteiger partial charge in [0.15, 0.2) is 0 Å². The molecule has 0 unspecified atom stereocenters. The smallest absolute Gasteiger partial charge is 0.273 e. The Hall–Kier alpha value is -1.94. The van der Waals surface area contributed by atoms with Crippen molar-refractivity contribution in [3.8, 4) is 0 Å². The van der Waals surface area contributed by atoms with Crippen LogP contribution in [0.4, 0.5) is 0 Å². The molecule has 4 nitrogen and oxygen atoms in total. The summed E-state index contributed by atoms with van der Waals surface area (Å²) in [5.41, 5.74) is 1.42. The van der Waals surface area contributed by atoms with Gasteiger partial charge in [-0.3, -0.25) is 9.78 Å². The minimum absolute atomic E-state index is 0.0705. The van der Waals surface area contributed by atoms with Gasteiger partial charge in [0.05, 0.1) is 0 Å². The molecular formula is C15H14ClN3O. The van der Waals surface area contributed by atoms with E-state index in [4.69, 9.17) is 11.6 Å². The number of carbonyl (C=O) groups excluding carboxylic acids is 1. The quantitative estimate of drug-likeness (QED) is 0.812. The second-order valence-corrected chi connectivity index (χ2v) is 5.26. The fourth-order valence-corrected chi connectivity index (χ4v) is 2.28. The maximum absolute atomic E-state index is 12.6. The highest BCUT2D eigenvalue weighted by Crippen LogP contribution is 2.29. The highest BCUT2D eigenvalue weighted by atomic mass is 35.5. The summed E-state index contributed by atoms with van der Waals surface area (Å²) >= 11 is 5.86. The van der Waals surface area contributed by atoms with E-state index < -0.39 is 0 Å². The summed E-state index contributed by atoms with van der Waals surface area (Å²) in [4.78, 5) is 22.6. The molecule has 0 spiro atoms. The molecule has 0 atom stereocenters.